The van der Waals surface area contributed by atoms with E-state index < -0.39 is 27.7 Å². The van der Waals surface area contributed by atoms with Gasteiger partial charge in [0.25, 0.3) is 11.9 Å². The zero-order valence-electron chi connectivity index (χ0n) is 22.5. The standard InChI is InChI=1S/C24H23N7O6S.C2H4O2/c1-38(33,34)37-19-11-16(10-17-12-35-13-36-20(17)19)18(9-14-3-5-15(6-4-14)21(25)26)22-29-24(32)31(30-22)23-27-7-2-8-28-23;1-2(3)4/h2-8,10-11,18H,9,12-13H2,1H3,(H3,25,26)(H,29,30,32);1H3,(H,3,4). The minimum Gasteiger partial charge on any atom is -0.481 e. The molecule has 1 aliphatic rings. The number of nitrogens with two attached hydrogens (primary N) is 1. The van der Waals surface area contributed by atoms with Crippen molar-refractivity contribution >= 4 is 21.9 Å². The lowest BCUT2D eigenvalue weighted by atomic mass is 9.89. The summed E-state index contributed by atoms with van der Waals surface area (Å²) in [5, 5.41) is 19.5. The molecular formula is C26H27N7O8S. The van der Waals surface area contributed by atoms with Gasteiger partial charge in [-0.1, -0.05) is 24.3 Å². The summed E-state index contributed by atoms with van der Waals surface area (Å²) >= 11 is 0. The maximum Gasteiger partial charge on any atom is 0.350 e. The molecule has 0 saturated carbocycles. The van der Waals surface area contributed by atoms with E-state index in [0.717, 1.165) is 23.4 Å². The Hall–Kier alpha value is -5.09. The topological polar surface area (TPSA) is 225 Å². The Morgan fingerprint density at radius 3 is 2.52 bits per heavy atom. The van der Waals surface area contributed by atoms with Crippen LogP contribution < -0.4 is 20.3 Å². The van der Waals surface area contributed by atoms with E-state index in [1.165, 1.54) is 12.4 Å². The number of hydrogen-bond donors (Lipinski definition) is 4. The second-order valence-electron chi connectivity index (χ2n) is 9.07. The quantitative estimate of drug-likeness (QED) is 0.128. The predicted molar refractivity (Wildman–Crippen MR) is 148 cm³/mol. The van der Waals surface area contributed by atoms with Crippen LogP contribution in [0.15, 0.2) is 59.7 Å². The van der Waals surface area contributed by atoms with Crippen LogP contribution in [0.2, 0.25) is 0 Å². The van der Waals surface area contributed by atoms with Crippen LogP contribution in [0.1, 0.15) is 40.9 Å². The molecule has 0 bridgehead atoms. The molecule has 42 heavy (non-hydrogen) atoms. The van der Waals surface area contributed by atoms with E-state index >= 15 is 0 Å². The molecule has 3 heterocycles. The van der Waals surface area contributed by atoms with E-state index in [2.05, 4.69) is 20.1 Å². The number of nitrogens with zero attached hydrogens (tertiary/aromatic N) is 4. The fraction of sp³-hybridized carbons (Fsp3) is 0.231. The van der Waals surface area contributed by atoms with Gasteiger partial charge in [-0.05, 0) is 35.7 Å². The highest BCUT2D eigenvalue weighted by Gasteiger charge is 2.27. The number of carboxylic acids is 1. The molecular weight excluding hydrogens is 570 g/mol. The lowest BCUT2D eigenvalue weighted by molar-refractivity contribution is -0.134. The summed E-state index contributed by atoms with van der Waals surface area (Å²) in [7, 11) is -3.88. The monoisotopic (exact) mass is 597 g/mol. The molecule has 0 aliphatic carbocycles. The van der Waals surface area contributed by atoms with Gasteiger partial charge in [0.2, 0.25) is 0 Å². The SMILES string of the molecule is CC(=O)O.CS(=O)(=O)Oc1cc(C(Cc2ccc(C(=N)N)cc2)c2nn(-c3ncccn3)c(=O)[nH]2)cc2c1OCOC2. The summed E-state index contributed by atoms with van der Waals surface area (Å²) < 4.78 is 41.3. The van der Waals surface area contributed by atoms with Crippen molar-refractivity contribution in [2.24, 2.45) is 5.73 Å². The Morgan fingerprint density at radius 1 is 1.24 bits per heavy atom. The number of nitrogens with one attached hydrogen (secondary N) is 2. The van der Waals surface area contributed by atoms with Gasteiger partial charge in [0.1, 0.15) is 11.7 Å². The molecule has 0 spiro atoms. The molecule has 5 rings (SSSR count). The number of benzene rings is 2. The number of amidine groups is 1. The molecule has 0 amide bonds. The maximum atomic E-state index is 12.8. The molecule has 0 fully saturated rings. The molecule has 0 saturated heterocycles. The van der Waals surface area contributed by atoms with Crippen LogP contribution in [0.5, 0.6) is 11.5 Å². The van der Waals surface area contributed by atoms with Crippen molar-refractivity contribution in [3.63, 3.8) is 0 Å². The number of aromatic nitrogens is 5. The number of aromatic amines is 1. The van der Waals surface area contributed by atoms with Crippen LogP contribution in [0.25, 0.3) is 5.95 Å². The number of nitrogen functional groups attached to an aromatic ring is 1. The first-order valence-electron chi connectivity index (χ1n) is 12.3. The Bertz CT molecular complexity index is 1750. The molecule has 1 aliphatic heterocycles. The molecule has 1 atom stereocenters. The smallest absolute Gasteiger partial charge is 0.350 e. The molecule has 16 heteroatoms. The third-order valence-electron chi connectivity index (χ3n) is 5.75. The van der Waals surface area contributed by atoms with E-state index in [1.54, 1.807) is 30.3 Å². The van der Waals surface area contributed by atoms with Crippen molar-refractivity contribution in [1.29, 1.82) is 5.41 Å². The van der Waals surface area contributed by atoms with Gasteiger partial charge in [-0.3, -0.25) is 15.2 Å². The zero-order valence-corrected chi connectivity index (χ0v) is 23.3. The van der Waals surface area contributed by atoms with Gasteiger partial charge in [-0.2, -0.15) is 8.42 Å². The average molecular weight is 598 g/mol. The Kier molecular flexibility index (Phi) is 8.97. The van der Waals surface area contributed by atoms with Crippen LogP contribution >= 0.6 is 0 Å². The van der Waals surface area contributed by atoms with Crippen molar-refractivity contribution in [3.8, 4) is 17.4 Å². The van der Waals surface area contributed by atoms with E-state index in [-0.39, 0.29) is 36.7 Å². The second kappa shape index (κ2) is 12.6. The molecule has 4 aromatic rings. The summed E-state index contributed by atoms with van der Waals surface area (Å²) in [5.41, 5.74) is 7.64. The number of fused-ring (bicyclic) bond motifs is 1. The number of hydrogen-bond acceptors (Lipinski definition) is 11. The summed E-state index contributed by atoms with van der Waals surface area (Å²) in [6.07, 6.45) is 4.28. The highest BCUT2D eigenvalue weighted by molar-refractivity contribution is 7.86. The zero-order chi connectivity index (χ0) is 30.4. The number of ether oxygens (including phenoxy) is 2. The number of aliphatic carboxylic acids is 1. The largest absolute Gasteiger partial charge is 0.481 e. The Balaban J connectivity index is 0.000000952. The Morgan fingerprint density at radius 2 is 1.90 bits per heavy atom. The average Bonchev–Trinajstić information content (AvgIpc) is 3.32. The van der Waals surface area contributed by atoms with Crippen LogP contribution in [0, 0.1) is 5.41 Å². The highest BCUT2D eigenvalue weighted by Crippen LogP contribution is 2.40. The summed E-state index contributed by atoms with van der Waals surface area (Å²) in [6, 6.07) is 12.1. The van der Waals surface area contributed by atoms with Gasteiger partial charge in [-0.15, -0.1) is 9.78 Å². The van der Waals surface area contributed by atoms with Crippen LogP contribution in [-0.4, -0.2) is 63.1 Å². The summed E-state index contributed by atoms with van der Waals surface area (Å²) in [5.74, 6) is -0.791. The molecule has 0 radical (unpaired) electrons. The highest BCUT2D eigenvalue weighted by atomic mass is 32.2. The van der Waals surface area contributed by atoms with Crippen molar-refractivity contribution in [3.05, 3.63) is 93.4 Å². The molecule has 2 aromatic heterocycles. The van der Waals surface area contributed by atoms with E-state index in [9.17, 15) is 13.2 Å². The van der Waals surface area contributed by atoms with Gasteiger partial charge in [0.15, 0.2) is 18.3 Å². The first-order valence-corrected chi connectivity index (χ1v) is 14.1. The van der Waals surface area contributed by atoms with E-state index in [1.807, 2.05) is 12.1 Å². The number of rotatable bonds is 8. The minimum absolute atomic E-state index is 0.00778. The third-order valence-corrected chi connectivity index (χ3v) is 6.24. The molecule has 2 aromatic carbocycles. The molecule has 5 N–H and O–H groups in total. The van der Waals surface area contributed by atoms with Crippen LogP contribution in [0.3, 0.4) is 0 Å². The molecule has 220 valence electrons. The lowest BCUT2D eigenvalue weighted by Crippen LogP contribution is -2.18. The second-order valence-corrected chi connectivity index (χ2v) is 10.6. The van der Waals surface area contributed by atoms with Gasteiger partial charge in [-0.25, -0.2) is 14.8 Å². The van der Waals surface area contributed by atoms with Gasteiger partial charge >= 0.3 is 15.8 Å². The Labute approximate surface area is 239 Å². The summed E-state index contributed by atoms with van der Waals surface area (Å²) in [4.78, 5) is 32.8. The van der Waals surface area contributed by atoms with Gasteiger partial charge in [0.05, 0.1) is 12.9 Å². The lowest BCUT2D eigenvalue weighted by Gasteiger charge is -2.23. The van der Waals surface area contributed by atoms with Crippen molar-refractivity contribution in [2.45, 2.75) is 25.9 Å². The van der Waals surface area contributed by atoms with Crippen molar-refractivity contribution < 1.29 is 32.0 Å². The third kappa shape index (κ3) is 7.55. The van der Waals surface area contributed by atoms with Crippen molar-refractivity contribution in [1.82, 2.24) is 24.7 Å². The molecule has 15 nitrogen and oxygen atoms in total. The van der Waals surface area contributed by atoms with E-state index in [0.29, 0.717) is 28.9 Å². The predicted octanol–water partition coefficient (Wildman–Crippen LogP) is 1.31. The number of carbonyl (C=O) groups is 1. The van der Waals surface area contributed by atoms with Gasteiger partial charge < -0.3 is 24.5 Å². The fourth-order valence-electron chi connectivity index (χ4n) is 4.10. The molecule has 1 unspecified atom stereocenters. The number of carboxylic acid groups (broad SMARTS) is 1. The normalized spacial score (nSPS) is 13.1. The summed E-state index contributed by atoms with van der Waals surface area (Å²) in [6.45, 7) is 1.21. The fourth-order valence-corrected chi connectivity index (χ4v) is 4.55. The van der Waals surface area contributed by atoms with Crippen molar-refractivity contribution in [2.75, 3.05) is 13.0 Å². The first-order chi connectivity index (χ1) is 19.9. The minimum atomic E-state index is -3.88. The van der Waals surface area contributed by atoms with Crippen LogP contribution in [-0.2, 0) is 32.7 Å². The van der Waals surface area contributed by atoms with Gasteiger partial charge in [0, 0.05) is 36.4 Å². The number of H-pyrrole nitrogens is 1. The first kappa shape index (κ1) is 29.9. The maximum absolute atomic E-state index is 12.8. The van der Waals surface area contributed by atoms with E-state index in [4.69, 9.17) is 34.7 Å². The van der Waals surface area contributed by atoms with Crippen LogP contribution in [0.4, 0.5) is 0 Å².